The molecule has 1 aliphatic rings. The van der Waals surface area contributed by atoms with Crippen molar-refractivity contribution in [1.82, 2.24) is 9.88 Å². The first-order valence-corrected chi connectivity index (χ1v) is 9.19. The number of pyridine rings is 1. The van der Waals surface area contributed by atoms with E-state index in [0.717, 1.165) is 22.3 Å². The van der Waals surface area contributed by atoms with Gasteiger partial charge in [0.1, 0.15) is 5.75 Å². The number of nitrogens with zero attached hydrogens (tertiary/aromatic N) is 2. The molecule has 2 N–H and O–H groups in total. The molecule has 0 radical (unpaired) electrons. The van der Waals surface area contributed by atoms with Gasteiger partial charge in [-0.3, -0.25) is 9.88 Å². The molecule has 3 atom stereocenters. The summed E-state index contributed by atoms with van der Waals surface area (Å²) >= 11 is 0. The summed E-state index contributed by atoms with van der Waals surface area (Å²) < 4.78 is 5.38. The Morgan fingerprint density at radius 2 is 2.04 bits per heavy atom. The Labute approximate surface area is 162 Å². The molecule has 1 aromatic carbocycles. The van der Waals surface area contributed by atoms with Crippen molar-refractivity contribution >= 4 is 29.0 Å². The number of aliphatic hydroxyl groups excluding tert-OH is 1. The maximum absolute atomic E-state index is 10.5. The smallest absolute Gasteiger partial charge is 0.121 e. The maximum atomic E-state index is 10.5. The lowest BCUT2D eigenvalue weighted by molar-refractivity contribution is 0.0467. The lowest BCUT2D eigenvalue weighted by Gasteiger charge is -2.40. The van der Waals surface area contributed by atoms with Gasteiger partial charge in [-0.2, -0.15) is 0 Å². The van der Waals surface area contributed by atoms with E-state index < -0.39 is 6.10 Å². The van der Waals surface area contributed by atoms with Crippen molar-refractivity contribution in [2.75, 3.05) is 25.5 Å². The zero-order valence-electron chi connectivity index (χ0n) is 15.8. The van der Waals surface area contributed by atoms with Crippen molar-refractivity contribution in [3.8, 4) is 5.75 Å². The largest absolute Gasteiger partial charge is 0.497 e. The van der Waals surface area contributed by atoms with E-state index in [9.17, 15) is 5.11 Å². The number of halogens is 1. The Hall–Kier alpha value is -1.56. The number of likely N-dealkylation sites (tertiary alicyclic amines) is 1. The molecule has 1 saturated heterocycles. The summed E-state index contributed by atoms with van der Waals surface area (Å²) in [5.74, 6) is 0.788. The number of fused-ring (bicyclic) bond motifs is 1. The van der Waals surface area contributed by atoms with E-state index in [0.29, 0.717) is 25.2 Å². The minimum atomic E-state index is -0.423. The van der Waals surface area contributed by atoms with Crippen LogP contribution < -0.4 is 10.1 Å². The van der Waals surface area contributed by atoms with Gasteiger partial charge in [0.2, 0.25) is 0 Å². The molecule has 1 fully saturated rings. The van der Waals surface area contributed by atoms with E-state index in [1.165, 1.54) is 19.3 Å². The van der Waals surface area contributed by atoms with Crippen molar-refractivity contribution in [3.63, 3.8) is 0 Å². The van der Waals surface area contributed by atoms with Crippen molar-refractivity contribution in [3.05, 3.63) is 30.5 Å². The molecule has 6 heteroatoms. The fourth-order valence-electron chi connectivity index (χ4n) is 3.79. The number of β-amino-alcohol motifs (C(OH)–C–C–N with tert-alkyl or cyclic N) is 1. The van der Waals surface area contributed by atoms with Crippen LogP contribution in [0.25, 0.3) is 10.9 Å². The average Bonchev–Trinajstić information content (AvgIpc) is 2.62. The molecule has 0 spiro atoms. The molecule has 1 aliphatic heterocycles. The first-order valence-electron chi connectivity index (χ1n) is 9.19. The third-order valence-electron chi connectivity index (χ3n) is 5.24. The SMILES string of the molecule is COc1cc(NCC(O)CN2C(C)CCCC2C)c2ncccc2c1.Cl. The van der Waals surface area contributed by atoms with Crippen LogP contribution in [-0.2, 0) is 0 Å². The molecule has 3 rings (SSSR count). The minimum Gasteiger partial charge on any atom is -0.497 e. The van der Waals surface area contributed by atoms with Crippen LogP contribution >= 0.6 is 12.4 Å². The molecular weight excluding hydrogens is 350 g/mol. The summed E-state index contributed by atoms with van der Waals surface area (Å²) in [7, 11) is 1.66. The Bertz CT molecular complexity index is 703. The fraction of sp³-hybridized carbons (Fsp3) is 0.550. The molecule has 2 heterocycles. The maximum Gasteiger partial charge on any atom is 0.121 e. The zero-order valence-corrected chi connectivity index (χ0v) is 16.6. The van der Waals surface area contributed by atoms with Gasteiger partial charge in [0.15, 0.2) is 0 Å². The van der Waals surface area contributed by atoms with Crippen LogP contribution in [0.1, 0.15) is 33.1 Å². The van der Waals surface area contributed by atoms with Gasteiger partial charge in [-0.15, -0.1) is 12.4 Å². The summed E-state index contributed by atoms with van der Waals surface area (Å²) in [6.45, 7) is 5.71. The molecule has 0 aliphatic carbocycles. The number of aliphatic hydroxyl groups is 1. The van der Waals surface area contributed by atoms with Gasteiger partial charge in [0, 0.05) is 42.8 Å². The number of hydrogen-bond acceptors (Lipinski definition) is 5. The summed E-state index contributed by atoms with van der Waals surface area (Å²) in [6.07, 6.45) is 5.08. The lowest BCUT2D eigenvalue weighted by Crippen LogP contribution is -2.48. The predicted octanol–water partition coefficient (Wildman–Crippen LogP) is 3.70. The second-order valence-corrected chi connectivity index (χ2v) is 7.11. The van der Waals surface area contributed by atoms with Crippen LogP contribution in [0.2, 0.25) is 0 Å². The predicted molar refractivity (Wildman–Crippen MR) is 110 cm³/mol. The van der Waals surface area contributed by atoms with E-state index in [2.05, 4.69) is 29.0 Å². The van der Waals surface area contributed by atoms with Crippen LogP contribution in [0.4, 0.5) is 5.69 Å². The number of piperidine rings is 1. The van der Waals surface area contributed by atoms with Gasteiger partial charge in [-0.05, 0) is 38.8 Å². The Kier molecular flexibility index (Phi) is 7.50. The number of anilines is 1. The van der Waals surface area contributed by atoms with Crippen molar-refractivity contribution in [2.24, 2.45) is 0 Å². The highest BCUT2D eigenvalue weighted by molar-refractivity contribution is 5.91. The molecule has 144 valence electrons. The third-order valence-corrected chi connectivity index (χ3v) is 5.24. The highest BCUT2D eigenvalue weighted by atomic mass is 35.5. The van der Waals surface area contributed by atoms with Crippen molar-refractivity contribution < 1.29 is 9.84 Å². The Morgan fingerprint density at radius 1 is 1.31 bits per heavy atom. The van der Waals surface area contributed by atoms with Crippen LogP contribution in [0, 0.1) is 0 Å². The van der Waals surface area contributed by atoms with Gasteiger partial charge in [0.05, 0.1) is 24.4 Å². The highest BCUT2D eigenvalue weighted by Gasteiger charge is 2.26. The third kappa shape index (κ3) is 4.78. The number of nitrogens with one attached hydrogen (secondary N) is 1. The Balaban J connectivity index is 0.00000243. The van der Waals surface area contributed by atoms with E-state index in [1.54, 1.807) is 13.3 Å². The average molecular weight is 380 g/mol. The molecule has 2 aromatic rings. The lowest BCUT2D eigenvalue weighted by atomic mass is 9.97. The first-order chi connectivity index (χ1) is 12.1. The summed E-state index contributed by atoms with van der Waals surface area (Å²) in [5, 5.41) is 14.9. The van der Waals surface area contributed by atoms with E-state index in [1.807, 2.05) is 24.3 Å². The number of hydrogen-bond donors (Lipinski definition) is 2. The number of rotatable bonds is 6. The van der Waals surface area contributed by atoms with Crippen LogP contribution in [0.5, 0.6) is 5.75 Å². The molecule has 26 heavy (non-hydrogen) atoms. The van der Waals surface area contributed by atoms with Crippen LogP contribution in [0.3, 0.4) is 0 Å². The normalized spacial score (nSPS) is 21.8. The Morgan fingerprint density at radius 3 is 2.73 bits per heavy atom. The summed E-state index contributed by atoms with van der Waals surface area (Å²) in [5.41, 5.74) is 1.80. The highest BCUT2D eigenvalue weighted by Crippen LogP contribution is 2.28. The molecule has 5 nitrogen and oxygen atoms in total. The summed E-state index contributed by atoms with van der Waals surface area (Å²) in [6, 6.07) is 8.92. The summed E-state index contributed by atoms with van der Waals surface area (Å²) in [4.78, 5) is 6.89. The second kappa shape index (κ2) is 9.40. The fourth-order valence-corrected chi connectivity index (χ4v) is 3.79. The van der Waals surface area contributed by atoms with Gasteiger partial charge in [-0.25, -0.2) is 0 Å². The van der Waals surface area contributed by atoms with Crippen LogP contribution in [-0.4, -0.2) is 53.4 Å². The molecule has 0 amide bonds. The van der Waals surface area contributed by atoms with Gasteiger partial charge < -0.3 is 15.2 Å². The molecule has 1 aromatic heterocycles. The number of ether oxygens (including phenoxy) is 1. The topological polar surface area (TPSA) is 57.6 Å². The number of aromatic nitrogens is 1. The van der Waals surface area contributed by atoms with E-state index >= 15 is 0 Å². The quantitative estimate of drug-likeness (QED) is 0.801. The standard InChI is InChI=1S/C20H29N3O2.ClH/c1-14-6-4-7-15(2)23(14)13-17(24)12-22-19-11-18(25-3)10-16-8-5-9-21-20(16)19;/h5,8-11,14-15,17,22,24H,4,6-7,12-13H2,1-3H3;1H. The first kappa shape index (κ1) is 20.7. The zero-order chi connectivity index (χ0) is 17.8. The molecule has 0 saturated carbocycles. The van der Waals surface area contributed by atoms with Gasteiger partial charge in [-0.1, -0.05) is 12.5 Å². The van der Waals surface area contributed by atoms with Gasteiger partial charge >= 0.3 is 0 Å². The molecule has 3 unspecified atom stereocenters. The van der Waals surface area contributed by atoms with Crippen molar-refractivity contribution in [2.45, 2.75) is 51.3 Å². The van der Waals surface area contributed by atoms with Gasteiger partial charge in [0.25, 0.3) is 0 Å². The number of benzene rings is 1. The van der Waals surface area contributed by atoms with Crippen molar-refractivity contribution in [1.29, 1.82) is 0 Å². The molecular formula is C20H30ClN3O2. The van der Waals surface area contributed by atoms with Crippen LogP contribution in [0.15, 0.2) is 30.5 Å². The van der Waals surface area contributed by atoms with E-state index in [-0.39, 0.29) is 12.4 Å². The minimum absolute atomic E-state index is 0. The monoisotopic (exact) mass is 379 g/mol. The second-order valence-electron chi connectivity index (χ2n) is 7.11. The number of methoxy groups -OCH3 is 1. The van der Waals surface area contributed by atoms with E-state index in [4.69, 9.17) is 4.74 Å². The molecule has 0 bridgehead atoms.